The van der Waals surface area contributed by atoms with Gasteiger partial charge in [0.05, 0.1) is 11.9 Å². The fraction of sp³-hybridized carbons (Fsp3) is 0.600. The number of hydrogen-bond donors (Lipinski definition) is 0. The van der Waals surface area contributed by atoms with Crippen molar-refractivity contribution in [1.29, 1.82) is 5.26 Å². The highest BCUT2D eigenvalue weighted by Crippen LogP contribution is 2.21. The van der Waals surface area contributed by atoms with Gasteiger partial charge in [0.1, 0.15) is 11.8 Å². The Morgan fingerprint density at radius 2 is 1.94 bits per heavy atom. The van der Waals surface area contributed by atoms with Crippen LogP contribution in [0.3, 0.4) is 0 Å². The first-order chi connectivity index (χ1) is 8.62. The second-order valence-electron chi connectivity index (χ2n) is 5.03. The third-order valence-electron chi connectivity index (χ3n) is 3.14. The summed E-state index contributed by atoms with van der Waals surface area (Å²) >= 11 is 0. The summed E-state index contributed by atoms with van der Waals surface area (Å²) in [6.07, 6.45) is 4.08. The van der Waals surface area contributed by atoms with E-state index in [2.05, 4.69) is 43.6 Å². The van der Waals surface area contributed by atoms with Crippen LogP contribution < -0.4 is 4.90 Å². The van der Waals surface area contributed by atoms with Crippen LogP contribution >= 0.6 is 0 Å². The summed E-state index contributed by atoms with van der Waals surface area (Å²) in [5.41, 5.74) is 1.60. The Morgan fingerprint density at radius 3 is 2.33 bits per heavy atom. The van der Waals surface area contributed by atoms with Crippen molar-refractivity contribution in [3.05, 3.63) is 24.0 Å². The molecule has 1 rings (SSSR count). The zero-order valence-electron chi connectivity index (χ0n) is 11.8. The largest absolute Gasteiger partial charge is 0.367 e. The molecule has 0 bridgehead atoms. The summed E-state index contributed by atoms with van der Waals surface area (Å²) in [5, 5.41) is 8.79. The molecule has 0 aromatic carbocycles. The molecule has 1 heterocycles. The Balaban J connectivity index is 2.97. The summed E-state index contributed by atoms with van der Waals surface area (Å²) in [7, 11) is 0. The average Bonchev–Trinajstić information content (AvgIpc) is 2.38. The lowest BCUT2D eigenvalue weighted by Crippen LogP contribution is -2.37. The molecule has 0 saturated carbocycles. The second-order valence-corrected chi connectivity index (χ2v) is 5.03. The van der Waals surface area contributed by atoms with Gasteiger partial charge in [-0.1, -0.05) is 27.7 Å². The van der Waals surface area contributed by atoms with Crippen molar-refractivity contribution >= 4 is 5.69 Å². The molecule has 0 N–H and O–H groups in total. The number of hydrogen-bond acceptors (Lipinski definition) is 3. The maximum Gasteiger partial charge on any atom is 0.140 e. The molecule has 0 radical (unpaired) electrons. The quantitative estimate of drug-likeness (QED) is 0.768. The van der Waals surface area contributed by atoms with E-state index in [1.165, 1.54) is 0 Å². The van der Waals surface area contributed by atoms with Crippen LogP contribution in [0.25, 0.3) is 0 Å². The monoisotopic (exact) mass is 245 g/mol. The van der Waals surface area contributed by atoms with Crippen molar-refractivity contribution < 1.29 is 0 Å². The predicted molar refractivity (Wildman–Crippen MR) is 75.5 cm³/mol. The van der Waals surface area contributed by atoms with E-state index in [1.54, 1.807) is 6.07 Å². The molecule has 98 valence electrons. The molecule has 0 atom stereocenters. The van der Waals surface area contributed by atoms with Crippen molar-refractivity contribution in [2.45, 2.75) is 46.6 Å². The molecule has 1 aromatic heterocycles. The normalized spacial score (nSPS) is 10.7. The predicted octanol–water partition coefficient (Wildman–Crippen LogP) is 3.60. The standard InChI is InChI=1S/C15H23N3/c1-5-14(6-2)18(11-12(3)4)15-8-7-13(9-16)17-10-15/h7-8,10,12,14H,5-6,11H2,1-4H3. The summed E-state index contributed by atoms with van der Waals surface area (Å²) in [6.45, 7) is 9.93. The molecule has 0 aliphatic carbocycles. The van der Waals surface area contributed by atoms with Gasteiger partial charge < -0.3 is 4.90 Å². The number of aromatic nitrogens is 1. The van der Waals surface area contributed by atoms with Crippen LogP contribution in [0, 0.1) is 17.2 Å². The van der Waals surface area contributed by atoms with Crippen molar-refractivity contribution in [3.8, 4) is 6.07 Å². The zero-order chi connectivity index (χ0) is 13.5. The van der Waals surface area contributed by atoms with Gasteiger partial charge in [-0.2, -0.15) is 5.26 Å². The Morgan fingerprint density at radius 1 is 1.28 bits per heavy atom. The fourth-order valence-corrected chi connectivity index (χ4v) is 2.21. The first-order valence-electron chi connectivity index (χ1n) is 6.75. The molecule has 3 heteroatoms. The molecule has 3 nitrogen and oxygen atoms in total. The molecule has 0 aliphatic heterocycles. The lowest BCUT2D eigenvalue weighted by molar-refractivity contribution is 0.507. The molecular weight excluding hydrogens is 222 g/mol. The lowest BCUT2D eigenvalue weighted by atomic mass is 10.1. The van der Waals surface area contributed by atoms with Crippen LogP contribution in [0.5, 0.6) is 0 Å². The van der Waals surface area contributed by atoms with Crippen LogP contribution in [0.4, 0.5) is 5.69 Å². The number of pyridine rings is 1. The van der Waals surface area contributed by atoms with E-state index in [1.807, 2.05) is 12.3 Å². The van der Waals surface area contributed by atoms with Crippen LogP contribution in [-0.4, -0.2) is 17.6 Å². The van der Waals surface area contributed by atoms with E-state index in [-0.39, 0.29) is 0 Å². The highest BCUT2D eigenvalue weighted by molar-refractivity contribution is 5.47. The molecule has 0 aliphatic rings. The Kier molecular flexibility index (Phi) is 5.64. The van der Waals surface area contributed by atoms with E-state index in [9.17, 15) is 0 Å². The van der Waals surface area contributed by atoms with Crippen LogP contribution in [-0.2, 0) is 0 Å². The van der Waals surface area contributed by atoms with Gasteiger partial charge in [-0.15, -0.1) is 0 Å². The zero-order valence-corrected chi connectivity index (χ0v) is 11.8. The highest BCUT2D eigenvalue weighted by atomic mass is 15.2. The van der Waals surface area contributed by atoms with Crippen molar-refractivity contribution in [2.75, 3.05) is 11.4 Å². The summed E-state index contributed by atoms with van der Waals surface area (Å²) in [4.78, 5) is 6.59. The van der Waals surface area contributed by atoms with Gasteiger partial charge in [0.15, 0.2) is 0 Å². The molecule has 0 fully saturated rings. The van der Waals surface area contributed by atoms with Gasteiger partial charge >= 0.3 is 0 Å². The molecule has 0 amide bonds. The van der Waals surface area contributed by atoms with E-state index >= 15 is 0 Å². The van der Waals surface area contributed by atoms with Gasteiger partial charge in [-0.25, -0.2) is 4.98 Å². The van der Waals surface area contributed by atoms with Crippen LogP contribution in [0.1, 0.15) is 46.2 Å². The number of nitrogens with zero attached hydrogens (tertiary/aromatic N) is 3. The van der Waals surface area contributed by atoms with Gasteiger partial charge in [0.2, 0.25) is 0 Å². The van der Waals surface area contributed by atoms with E-state index < -0.39 is 0 Å². The van der Waals surface area contributed by atoms with Crippen LogP contribution in [0.2, 0.25) is 0 Å². The van der Waals surface area contributed by atoms with Crippen molar-refractivity contribution in [2.24, 2.45) is 5.92 Å². The maximum absolute atomic E-state index is 8.79. The number of nitriles is 1. The molecule has 0 spiro atoms. The number of anilines is 1. The van der Waals surface area contributed by atoms with Gasteiger partial charge in [0.25, 0.3) is 0 Å². The third kappa shape index (κ3) is 3.73. The highest BCUT2D eigenvalue weighted by Gasteiger charge is 2.17. The summed E-state index contributed by atoms with van der Waals surface area (Å²) in [6, 6.07) is 6.41. The van der Waals surface area contributed by atoms with Crippen LogP contribution in [0.15, 0.2) is 18.3 Å². The minimum absolute atomic E-state index is 0.479. The van der Waals surface area contributed by atoms with Crippen molar-refractivity contribution in [3.63, 3.8) is 0 Å². The molecule has 1 aromatic rings. The molecule has 0 saturated heterocycles. The minimum atomic E-state index is 0.479. The Bertz CT molecular complexity index is 385. The molecule has 0 unspecified atom stereocenters. The first-order valence-corrected chi connectivity index (χ1v) is 6.75. The van der Waals surface area contributed by atoms with Gasteiger partial charge in [0, 0.05) is 12.6 Å². The fourth-order valence-electron chi connectivity index (χ4n) is 2.21. The third-order valence-corrected chi connectivity index (χ3v) is 3.14. The smallest absolute Gasteiger partial charge is 0.140 e. The van der Waals surface area contributed by atoms with Gasteiger partial charge in [-0.3, -0.25) is 0 Å². The maximum atomic E-state index is 8.79. The topological polar surface area (TPSA) is 39.9 Å². The minimum Gasteiger partial charge on any atom is -0.367 e. The Labute approximate surface area is 110 Å². The Hall–Kier alpha value is -1.56. The van der Waals surface area contributed by atoms with E-state index in [4.69, 9.17) is 5.26 Å². The molecular formula is C15H23N3. The summed E-state index contributed by atoms with van der Waals surface area (Å²) in [5.74, 6) is 0.612. The summed E-state index contributed by atoms with van der Waals surface area (Å²) < 4.78 is 0. The first kappa shape index (κ1) is 14.5. The van der Waals surface area contributed by atoms with Gasteiger partial charge in [-0.05, 0) is 30.9 Å². The van der Waals surface area contributed by atoms with E-state index in [0.717, 1.165) is 25.1 Å². The SMILES string of the molecule is CCC(CC)N(CC(C)C)c1ccc(C#N)nc1. The number of rotatable bonds is 6. The average molecular weight is 245 g/mol. The second kappa shape index (κ2) is 7.00. The van der Waals surface area contributed by atoms with Crippen molar-refractivity contribution in [1.82, 2.24) is 4.98 Å². The van der Waals surface area contributed by atoms with E-state index in [0.29, 0.717) is 17.7 Å². The molecule has 18 heavy (non-hydrogen) atoms. The lowest BCUT2D eigenvalue weighted by Gasteiger charge is -2.33.